The molecule has 2 heterocycles. The average Bonchev–Trinajstić information content (AvgIpc) is 2.29. The van der Waals surface area contributed by atoms with Crippen molar-refractivity contribution in [2.75, 3.05) is 18.1 Å². The lowest BCUT2D eigenvalue weighted by Gasteiger charge is -2.27. The second kappa shape index (κ2) is 4.52. The van der Waals surface area contributed by atoms with Crippen molar-refractivity contribution >= 4 is 12.0 Å². The Morgan fingerprint density at radius 1 is 1.25 bits per heavy atom. The molecule has 1 aromatic rings. The molecular weight excluding hydrogens is 212 g/mol. The molecule has 0 aliphatic carbocycles. The van der Waals surface area contributed by atoms with E-state index in [-0.39, 0.29) is 6.54 Å². The molecule has 1 aliphatic heterocycles. The highest BCUT2D eigenvalue weighted by molar-refractivity contribution is 5.85. The van der Waals surface area contributed by atoms with Gasteiger partial charge in [0.15, 0.2) is 12.1 Å². The number of rotatable bonds is 3. The molecule has 0 bridgehead atoms. The van der Waals surface area contributed by atoms with Gasteiger partial charge in [0.25, 0.3) is 0 Å². The largest absolute Gasteiger partial charge is 0.386 e. The van der Waals surface area contributed by atoms with Crippen LogP contribution in [0.5, 0.6) is 0 Å². The quantitative estimate of drug-likeness (QED) is 0.531. The maximum Gasteiger partial charge on any atom is 0.179 e. The predicted octanol–water partition coefficient (Wildman–Crippen LogP) is -1.66. The highest BCUT2D eigenvalue weighted by Crippen LogP contribution is 2.17. The number of β-amino-alcohol motifs (C(OH)–C–C–N with tert-alkyl or cyclic N) is 1. The number of nitrogens with zero attached hydrogens (tertiary/aromatic N) is 4. The number of aliphatic imine (C=N–C) groups is 1. The Morgan fingerprint density at radius 2 is 2.00 bits per heavy atom. The minimum absolute atomic E-state index is 0.0424. The van der Waals surface area contributed by atoms with Crippen LogP contribution in [-0.4, -0.2) is 57.1 Å². The minimum atomic E-state index is -1.77. The van der Waals surface area contributed by atoms with Gasteiger partial charge in [0, 0.05) is 12.4 Å². The van der Waals surface area contributed by atoms with E-state index in [9.17, 15) is 5.11 Å². The maximum atomic E-state index is 9.36. The monoisotopic (exact) mass is 224 g/mol. The van der Waals surface area contributed by atoms with Gasteiger partial charge in [-0.1, -0.05) is 0 Å². The van der Waals surface area contributed by atoms with E-state index in [1.807, 2.05) is 0 Å². The first-order valence-electron chi connectivity index (χ1n) is 4.78. The number of anilines is 1. The molecule has 2 rings (SSSR count). The molecule has 1 atom stereocenters. The van der Waals surface area contributed by atoms with Gasteiger partial charge in [-0.25, -0.2) is 9.97 Å². The molecule has 0 saturated carbocycles. The van der Waals surface area contributed by atoms with Crippen molar-refractivity contribution in [1.29, 1.82) is 0 Å². The normalized spacial score (nSPS) is 16.4. The van der Waals surface area contributed by atoms with Crippen LogP contribution in [0.3, 0.4) is 0 Å². The molecule has 1 aliphatic rings. The Balaban J connectivity index is 2.16. The Hall–Kier alpha value is -1.57. The molecule has 0 aromatic carbocycles. The van der Waals surface area contributed by atoms with E-state index in [4.69, 9.17) is 10.2 Å². The molecule has 7 nitrogen and oxygen atoms in total. The van der Waals surface area contributed by atoms with Crippen LogP contribution < -0.4 is 4.90 Å². The molecule has 3 N–H and O–H groups in total. The van der Waals surface area contributed by atoms with Gasteiger partial charge in [-0.2, -0.15) is 0 Å². The summed E-state index contributed by atoms with van der Waals surface area (Å²) in [6, 6.07) is 0. The molecule has 1 unspecified atom stereocenters. The minimum Gasteiger partial charge on any atom is -0.386 e. The zero-order chi connectivity index (χ0) is 11.5. The summed E-state index contributed by atoms with van der Waals surface area (Å²) in [6.45, 7) is 0.357. The van der Waals surface area contributed by atoms with E-state index in [2.05, 4.69) is 15.0 Å². The van der Waals surface area contributed by atoms with Gasteiger partial charge >= 0.3 is 0 Å². The highest BCUT2D eigenvalue weighted by Gasteiger charge is 2.22. The van der Waals surface area contributed by atoms with Gasteiger partial charge < -0.3 is 20.2 Å². The summed E-state index contributed by atoms with van der Waals surface area (Å²) in [7, 11) is 0. The number of aliphatic hydroxyl groups excluding tert-OH is 2. The summed E-state index contributed by atoms with van der Waals surface area (Å²) < 4.78 is 0. The lowest BCUT2D eigenvalue weighted by Crippen LogP contribution is -2.41. The van der Waals surface area contributed by atoms with Crippen molar-refractivity contribution in [3.05, 3.63) is 18.1 Å². The summed E-state index contributed by atoms with van der Waals surface area (Å²) in [5, 5.41) is 27.0. The van der Waals surface area contributed by atoms with Crippen molar-refractivity contribution in [2.24, 2.45) is 4.99 Å². The van der Waals surface area contributed by atoms with Crippen molar-refractivity contribution in [1.82, 2.24) is 9.97 Å². The molecule has 0 spiro atoms. The predicted molar refractivity (Wildman–Crippen MR) is 56.1 cm³/mol. The summed E-state index contributed by atoms with van der Waals surface area (Å²) in [6.07, 6.45) is 1.65. The standard InChI is InChI=1S/C9H12N4O3/c14-7(9(15)16)4-13-5-10-3-6-8(13)12-2-1-11-6/h1-3,7,9,14-16H,4-5H2. The SMILES string of the molecule is OC(O)C(O)CN1CN=Cc2nccnc21. The van der Waals surface area contributed by atoms with Crippen LogP contribution in [-0.2, 0) is 0 Å². The molecule has 7 heteroatoms. The third-order valence-electron chi connectivity index (χ3n) is 2.22. The van der Waals surface area contributed by atoms with Crippen LogP contribution in [0.15, 0.2) is 17.4 Å². The Bertz CT molecular complexity index is 396. The Labute approximate surface area is 91.7 Å². The van der Waals surface area contributed by atoms with Gasteiger partial charge in [0.2, 0.25) is 0 Å². The van der Waals surface area contributed by atoms with E-state index >= 15 is 0 Å². The third kappa shape index (κ3) is 2.16. The summed E-state index contributed by atoms with van der Waals surface area (Å²) in [4.78, 5) is 13.8. The summed E-state index contributed by atoms with van der Waals surface area (Å²) in [5.74, 6) is 0.581. The lowest BCUT2D eigenvalue weighted by molar-refractivity contribution is -0.118. The molecule has 86 valence electrons. The van der Waals surface area contributed by atoms with Crippen molar-refractivity contribution in [2.45, 2.75) is 12.4 Å². The molecule has 1 aromatic heterocycles. The molecule has 16 heavy (non-hydrogen) atoms. The Morgan fingerprint density at radius 3 is 2.75 bits per heavy atom. The molecule has 0 amide bonds. The van der Waals surface area contributed by atoms with Gasteiger partial charge in [-0.15, -0.1) is 0 Å². The van der Waals surface area contributed by atoms with Crippen molar-refractivity contribution in [3.8, 4) is 0 Å². The van der Waals surface area contributed by atoms with E-state index in [1.54, 1.807) is 17.3 Å². The van der Waals surface area contributed by atoms with E-state index in [0.29, 0.717) is 18.2 Å². The number of hydrogen-bond donors (Lipinski definition) is 3. The first-order valence-corrected chi connectivity index (χ1v) is 4.78. The first kappa shape index (κ1) is 10.9. The van der Waals surface area contributed by atoms with Crippen LogP contribution in [0.25, 0.3) is 0 Å². The van der Waals surface area contributed by atoms with Gasteiger partial charge in [-0.3, -0.25) is 4.99 Å². The average molecular weight is 224 g/mol. The van der Waals surface area contributed by atoms with Crippen molar-refractivity contribution in [3.63, 3.8) is 0 Å². The fourth-order valence-corrected chi connectivity index (χ4v) is 1.43. The molecule has 0 saturated heterocycles. The zero-order valence-corrected chi connectivity index (χ0v) is 8.43. The van der Waals surface area contributed by atoms with E-state index in [0.717, 1.165) is 0 Å². The zero-order valence-electron chi connectivity index (χ0n) is 8.43. The van der Waals surface area contributed by atoms with Gasteiger partial charge in [-0.05, 0) is 0 Å². The number of fused-ring (bicyclic) bond motifs is 1. The number of hydrogen-bond acceptors (Lipinski definition) is 7. The molecular formula is C9H12N4O3. The van der Waals surface area contributed by atoms with Crippen LogP contribution in [0.1, 0.15) is 5.69 Å². The first-order chi connectivity index (χ1) is 7.68. The molecule has 0 radical (unpaired) electrons. The number of aliphatic hydroxyl groups is 3. The fraction of sp³-hybridized carbons (Fsp3) is 0.444. The van der Waals surface area contributed by atoms with Crippen LogP contribution in [0.4, 0.5) is 5.82 Å². The smallest absolute Gasteiger partial charge is 0.179 e. The van der Waals surface area contributed by atoms with E-state index < -0.39 is 12.4 Å². The van der Waals surface area contributed by atoms with Crippen LogP contribution >= 0.6 is 0 Å². The number of aromatic nitrogens is 2. The van der Waals surface area contributed by atoms with Crippen LogP contribution in [0.2, 0.25) is 0 Å². The fourth-order valence-electron chi connectivity index (χ4n) is 1.43. The Kier molecular flexibility index (Phi) is 3.09. The second-order valence-electron chi connectivity index (χ2n) is 3.42. The summed E-state index contributed by atoms with van der Waals surface area (Å²) in [5.41, 5.74) is 0.605. The maximum absolute atomic E-state index is 9.36. The highest BCUT2D eigenvalue weighted by atomic mass is 16.5. The topological polar surface area (TPSA) is 102 Å². The van der Waals surface area contributed by atoms with Gasteiger partial charge in [0.1, 0.15) is 18.5 Å². The third-order valence-corrected chi connectivity index (χ3v) is 2.22. The van der Waals surface area contributed by atoms with Crippen LogP contribution in [0, 0.1) is 0 Å². The lowest BCUT2D eigenvalue weighted by atomic mass is 10.3. The van der Waals surface area contributed by atoms with Crippen molar-refractivity contribution < 1.29 is 15.3 Å². The molecule has 0 fully saturated rings. The second-order valence-corrected chi connectivity index (χ2v) is 3.42. The van der Waals surface area contributed by atoms with Gasteiger partial charge in [0.05, 0.1) is 12.8 Å². The van der Waals surface area contributed by atoms with E-state index in [1.165, 1.54) is 6.20 Å². The summed E-state index contributed by atoms with van der Waals surface area (Å²) >= 11 is 0.